The Morgan fingerprint density at radius 2 is 2.31 bits per heavy atom. The van der Waals surface area contributed by atoms with Crippen molar-refractivity contribution >= 4 is 17.5 Å². The minimum atomic E-state index is 0.0140. The average Bonchev–Trinajstić information content (AvgIpc) is 2.64. The van der Waals surface area contributed by atoms with Crippen LogP contribution in [0.1, 0.15) is 30.8 Å². The highest BCUT2D eigenvalue weighted by molar-refractivity contribution is 6.17. The van der Waals surface area contributed by atoms with Gasteiger partial charge in [0.25, 0.3) is 5.91 Å². The maximum absolute atomic E-state index is 12.2. The number of rotatable bonds is 5. The van der Waals surface area contributed by atoms with Crippen LogP contribution in [0.25, 0.3) is 0 Å². The van der Waals surface area contributed by atoms with Crippen molar-refractivity contribution in [1.82, 2.24) is 14.7 Å². The van der Waals surface area contributed by atoms with E-state index < -0.39 is 0 Å². The van der Waals surface area contributed by atoms with E-state index in [1.165, 1.54) is 0 Å². The van der Waals surface area contributed by atoms with E-state index in [1.54, 1.807) is 24.0 Å². The summed E-state index contributed by atoms with van der Waals surface area (Å²) in [6, 6.07) is 1.91. The third-order valence-corrected chi connectivity index (χ3v) is 2.72. The molecule has 0 N–H and O–H groups in total. The maximum atomic E-state index is 12.2. The Balaban J connectivity index is 2.79. The molecule has 0 saturated carbocycles. The van der Waals surface area contributed by atoms with Gasteiger partial charge in [0.15, 0.2) is 0 Å². The van der Waals surface area contributed by atoms with Crippen molar-refractivity contribution in [3.8, 4) is 0 Å². The van der Waals surface area contributed by atoms with Crippen molar-refractivity contribution in [3.63, 3.8) is 0 Å². The SMILES string of the molecule is CC(C)N(CCCCl)C(=O)c1ccnn1C. The van der Waals surface area contributed by atoms with Gasteiger partial charge in [0, 0.05) is 31.7 Å². The molecule has 0 aliphatic rings. The topological polar surface area (TPSA) is 38.1 Å². The lowest BCUT2D eigenvalue weighted by atomic mass is 10.2. The van der Waals surface area contributed by atoms with E-state index in [0.717, 1.165) is 6.42 Å². The Hall–Kier alpha value is -1.03. The molecule has 1 aromatic rings. The van der Waals surface area contributed by atoms with Crippen LogP contribution in [0.4, 0.5) is 0 Å². The third kappa shape index (κ3) is 2.98. The molecule has 90 valence electrons. The van der Waals surface area contributed by atoms with Crippen LogP contribution in [0.5, 0.6) is 0 Å². The summed E-state index contributed by atoms with van der Waals surface area (Å²) in [4.78, 5) is 14.0. The van der Waals surface area contributed by atoms with E-state index >= 15 is 0 Å². The second kappa shape index (κ2) is 5.89. The molecule has 1 heterocycles. The first-order chi connectivity index (χ1) is 7.57. The number of nitrogens with zero attached hydrogens (tertiary/aromatic N) is 3. The molecule has 0 fully saturated rings. The molecule has 0 bridgehead atoms. The van der Waals surface area contributed by atoms with Crippen LogP contribution in [0.15, 0.2) is 12.3 Å². The Labute approximate surface area is 101 Å². The molecule has 0 unspecified atom stereocenters. The molecule has 1 aromatic heterocycles. The van der Waals surface area contributed by atoms with E-state index in [2.05, 4.69) is 5.10 Å². The Bertz CT molecular complexity index is 349. The van der Waals surface area contributed by atoms with Gasteiger partial charge in [-0.1, -0.05) is 0 Å². The Morgan fingerprint density at radius 3 is 2.75 bits per heavy atom. The number of aryl methyl sites for hydroxylation is 1. The third-order valence-electron chi connectivity index (χ3n) is 2.46. The lowest BCUT2D eigenvalue weighted by Crippen LogP contribution is -2.38. The number of hydrogen-bond donors (Lipinski definition) is 0. The number of carbonyl (C=O) groups is 1. The minimum absolute atomic E-state index is 0.0140. The maximum Gasteiger partial charge on any atom is 0.272 e. The standard InChI is InChI=1S/C11H18ClN3O/c1-9(2)15(8-4-6-12)11(16)10-5-7-13-14(10)3/h5,7,9H,4,6,8H2,1-3H3. The zero-order valence-corrected chi connectivity index (χ0v) is 10.7. The summed E-state index contributed by atoms with van der Waals surface area (Å²) in [7, 11) is 1.77. The monoisotopic (exact) mass is 243 g/mol. The molecule has 4 nitrogen and oxygen atoms in total. The summed E-state index contributed by atoms with van der Waals surface area (Å²) >= 11 is 5.66. The van der Waals surface area contributed by atoms with E-state index in [9.17, 15) is 4.79 Å². The van der Waals surface area contributed by atoms with Crippen LogP contribution in [0, 0.1) is 0 Å². The highest BCUT2D eigenvalue weighted by Crippen LogP contribution is 2.08. The van der Waals surface area contributed by atoms with E-state index in [-0.39, 0.29) is 11.9 Å². The second-order valence-electron chi connectivity index (χ2n) is 3.97. The molecule has 16 heavy (non-hydrogen) atoms. The van der Waals surface area contributed by atoms with Crippen molar-refractivity contribution in [2.75, 3.05) is 12.4 Å². The normalized spacial score (nSPS) is 10.8. The number of amides is 1. The van der Waals surface area contributed by atoms with Crippen molar-refractivity contribution in [3.05, 3.63) is 18.0 Å². The molecule has 0 aliphatic carbocycles. The summed E-state index contributed by atoms with van der Waals surface area (Å²) in [6.07, 6.45) is 2.44. The highest BCUT2D eigenvalue weighted by atomic mass is 35.5. The largest absolute Gasteiger partial charge is 0.335 e. The average molecular weight is 244 g/mol. The van der Waals surface area contributed by atoms with Gasteiger partial charge in [-0.25, -0.2) is 0 Å². The molecule has 0 atom stereocenters. The van der Waals surface area contributed by atoms with Crippen LogP contribution < -0.4 is 0 Å². The Morgan fingerprint density at radius 1 is 1.62 bits per heavy atom. The zero-order chi connectivity index (χ0) is 12.1. The van der Waals surface area contributed by atoms with E-state index in [0.29, 0.717) is 18.1 Å². The molecular formula is C11H18ClN3O. The zero-order valence-electron chi connectivity index (χ0n) is 9.98. The Kier molecular flexibility index (Phi) is 4.80. The highest BCUT2D eigenvalue weighted by Gasteiger charge is 2.20. The number of hydrogen-bond acceptors (Lipinski definition) is 2. The smallest absolute Gasteiger partial charge is 0.272 e. The van der Waals surface area contributed by atoms with Gasteiger partial charge >= 0.3 is 0 Å². The van der Waals surface area contributed by atoms with Crippen LogP contribution in [0.3, 0.4) is 0 Å². The number of alkyl halides is 1. The molecule has 0 aromatic carbocycles. The van der Waals surface area contributed by atoms with Crippen molar-refractivity contribution in [1.29, 1.82) is 0 Å². The minimum Gasteiger partial charge on any atom is -0.335 e. The summed E-state index contributed by atoms with van der Waals surface area (Å²) in [5.41, 5.74) is 0.614. The van der Waals surface area contributed by atoms with Crippen LogP contribution in [-0.4, -0.2) is 39.1 Å². The fourth-order valence-corrected chi connectivity index (χ4v) is 1.67. The number of halogens is 1. The van der Waals surface area contributed by atoms with Crippen LogP contribution in [0.2, 0.25) is 0 Å². The molecule has 0 radical (unpaired) electrons. The van der Waals surface area contributed by atoms with Gasteiger partial charge in [0.2, 0.25) is 0 Å². The van der Waals surface area contributed by atoms with Crippen molar-refractivity contribution in [2.45, 2.75) is 26.3 Å². The van der Waals surface area contributed by atoms with Gasteiger partial charge in [-0.15, -0.1) is 11.6 Å². The first-order valence-corrected chi connectivity index (χ1v) is 5.96. The predicted octanol–water partition coefficient (Wildman–Crippen LogP) is 1.90. The quantitative estimate of drug-likeness (QED) is 0.741. The van der Waals surface area contributed by atoms with Gasteiger partial charge in [0.05, 0.1) is 0 Å². The van der Waals surface area contributed by atoms with Crippen molar-refractivity contribution < 1.29 is 4.79 Å². The van der Waals surface area contributed by atoms with Crippen LogP contribution in [-0.2, 0) is 7.05 Å². The van der Waals surface area contributed by atoms with Crippen LogP contribution >= 0.6 is 11.6 Å². The summed E-state index contributed by atoms with van der Waals surface area (Å²) in [6.45, 7) is 4.69. The van der Waals surface area contributed by atoms with Gasteiger partial charge in [-0.05, 0) is 26.3 Å². The van der Waals surface area contributed by atoms with E-state index in [4.69, 9.17) is 11.6 Å². The fraction of sp³-hybridized carbons (Fsp3) is 0.636. The van der Waals surface area contributed by atoms with E-state index in [1.807, 2.05) is 18.7 Å². The summed E-state index contributed by atoms with van der Waals surface area (Å²) in [5.74, 6) is 0.585. The molecule has 0 spiro atoms. The number of aromatic nitrogens is 2. The summed E-state index contributed by atoms with van der Waals surface area (Å²) in [5, 5.41) is 4.00. The van der Waals surface area contributed by atoms with Gasteiger partial charge < -0.3 is 4.90 Å². The first-order valence-electron chi connectivity index (χ1n) is 5.43. The molecule has 1 amide bonds. The summed E-state index contributed by atoms with van der Waals surface area (Å²) < 4.78 is 1.60. The van der Waals surface area contributed by atoms with Gasteiger partial charge in [-0.2, -0.15) is 5.10 Å². The lowest BCUT2D eigenvalue weighted by Gasteiger charge is -2.26. The van der Waals surface area contributed by atoms with Crippen molar-refractivity contribution in [2.24, 2.45) is 7.05 Å². The first kappa shape index (κ1) is 13.0. The number of carbonyl (C=O) groups excluding carboxylic acids is 1. The molecule has 0 saturated heterocycles. The molecule has 5 heteroatoms. The molecule has 1 rings (SSSR count). The van der Waals surface area contributed by atoms with Gasteiger partial charge in [0.1, 0.15) is 5.69 Å². The second-order valence-corrected chi connectivity index (χ2v) is 4.35. The lowest BCUT2D eigenvalue weighted by molar-refractivity contribution is 0.0695. The van der Waals surface area contributed by atoms with Gasteiger partial charge in [-0.3, -0.25) is 9.48 Å². The predicted molar refractivity (Wildman–Crippen MR) is 64.7 cm³/mol. The fourth-order valence-electron chi connectivity index (χ4n) is 1.56. The molecular weight excluding hydrogens is 226 g/mol. The molecule has 0 aliphatic heterocycles.